The molecule has 2 rings (SSSR count). The van der Waals surface area contributed by atoms with Crippen LogP contribution in [0, 0.1) is 0 Å². The average molecular weight is 453 g/mol. The summed E-state index contributed by atoms with van der Waals surface area (Å²) in [6.45, 7) is 4.57. The molecule has 0 aliphatic rings. The van der Waals surface area contributed by atoms with E-state index in [1.807, 2.05) is 24.3 Å². The molecule has 2 N–H and O–H groups in total. The molecule has 0 fully saturated rings. The molecule has 2 aromatic rings. The van der Waals surface area contributed by atoms with E-state index in [2.05, 4.69) is 13.8 Å². The van der Waals surface area contributed by atoms with Gasteiger partial charge in [0.1, 0.15) is 11.5 Å². The summed E-state index contributed by atoms with van der Waals surface area (Å²) in [7, 11) is 0. The van der Waals surface area contributed by atoms with Gasteiger partial charge in [0, 0.05) is 5.41 Å². The number of phenols is 2. The van der Waals surface area contributed by atoms with E-state index in [1.165, 1.54) is 107 Å². The SMILES string of the molecule is CCCCCCCCCCCCCCCCCC(C)(c1ccc(O)cc1)c1ccc(O)cc1. The Labute approximate surface area is 203 Å². The van der Waals surface area contributed by atoms with Crippen LogP contribution >= 0.6 is 0 Å². The molecule has 0 heterocycles. The van der Waals surface area contributed by atoms with Crippen LogP contribution in [0.15, 0.2) is 48.5 Å². The molecule has 2 aromatic carbocycles. The predicted octanol–water partition coefficient (Wildman–Crippen LogP) is 9.67. The lowest BCUT2D eigenvalue weighted by Crippen LogP contribution is -2.23. The van der Waals surface area contributed by atoms with E-state index in [-0.39, 0.29) is 5.41 Å². The summed E-state index contributed by atoms with van der Waals surface area (Å²) < 4.78 is 0. The lowest BCUT2D eigenvalue weighted by molar-refractivity contribution is 0.459. The maximum absolute atomic E-state index is 9.71. The molecule has 2 nitrogen and oxygen atoms in total. The van der Waals surface area contributed by atoms with Gasteiger partial charge in [-0.15, -0.1) is 0 Å². The van der Waals surface area contributed by atoms with E-state index in [9.17, 15) is 10.2 Å². The van der Waals surface area contributed by atoms with Gasteiger partial charge >= 0.3 is 0 Å². The number of aromatic hydroxyl groups is 2. The van der Waals surface area contributed by atoms with Crippen molar-refractivity contribution >= 4 is 0 Å². The Hall–Kier alpha value is -1.96. The van der Waals surface area contributed by atoms with Gasteiger partial charge in [-0.1, -0.05) is 134 Å². The van der Waals surface area contributed by atoms with Crippen LogP contribution in [-0.4, -0.2) is 10.2 Å². The first-order chi connectivity index (χ1) is 16.1. The number of hydrogen-bond acceptors (Lipinski definition) is 2. The Morgan fingerprint density at radius 2 is 0.788 bits per heavy atom. The standard InChI is InChI=1S/C31H48O2/c1-3-4-5-6-7-8-9-10-11-12-13-14-15-16-17-26-31(2,27-18-22-29(32)23-19-27)28-20-24-30(33)25-21-28/h18-25,32-33H,3-17,26H2,1-2H3. The molecule has 0 spiro atoms. The zero-order chi connectivity index (χ0) is 23.8. The Morgan fingerprint density at radius 1 is 0.485 bits per heavy atom. The van der Waals surface area contributed by atoms with Gasteiger partial charge in [-0.2, -0.15) is 0 Å². The van der Waals surface area contributed by atoms with Gasteiger partial charge in [-0.05, 0) is 41.8 Å². The number of hydrogen-bond donors (Lipinski definition) is 2. The van der Waals surface area contributed by atoms with Crippen LogP contribution < -0.4 is 0 Å². The van der Waals surface area contributed by atoms with Gasteiger partial charge in [0.25, 0.3) is 0 Å². The Bertz CT molecular complexity index is 687. The second kappa shape index (κ2) is 15.8. The monoisotopic (exact) mass is 452 g/mol. The summed E-state index contributed by atoms with van der Waals surface area (Å²) in [5, 5.41) is 19.4. The van der Waals surface area contributed by atoms with Crippen LogP contribution in [0.5, 0.6) is 11.5 Å². The maximum Gasteiger partial charge on any atom is 0.115 e. The van der Waals surface area contributed by atoms with Crippen molar-refractivity contribution < 1.29 is 10.2 Å². The minimum atomic E-state index is -0.113. The molecule has 0 saturated heterocycles. The van der Waals surface area contributed by atoms with Crippen molar-refractivity contribution in [3.63, 3.8) is 0 Å². The highest BCUT2D eigenvalue weighted by molar-refractivity contribution is 5.42. The second-order valence-corrected chi connectivity index (χ2v) is 10.1. The number of phenolic OH excluding ortho intramolecular Hbond substituents is 2. The topological polar surface area (TPSA) is 40.5 Å². The average Bonchev–Trinajstić information content (AvgIpc) is 2.82. The van der Waals surface area contributed by atoms with E-state index in [1.54, 1.807) is 24.3 Å². The smallest absolute Gasteiger partial charge is 0.115 e. The van der Waals surface area contributed by atoms with Crippen LogP contribution in [0.25, 0.3) is 0 Å². The number of benzene rings is 2. The summed E-state index contributed by atoms with van der Waals surface area (Å²) in [6, 6.07) is 15.3. The summed E-state index contributed by atoms with van der Waals surface area (Å²) in [5.41, 5.74) is 2.32. The van der Waals surface area contributed by atoms with Gasteiger partial charge in [-0.3, -0.25) is 0 Å². The van der Waals surface area contributed by atoms with Crippen LogP contribution in [0.2, 0.25) is 0 Å². The summed E-state index contributed by atoms with van der Waals surface area (Å²) in [6.07, 6.45) is 21.7. The number of unbranched alkanes of at least 4 members (excludes halogenated alkanes) is 14. The molecule has 0 aliphatic heterocycles. The van der Waals surface area contributed by atoms with E-state index < -0.39 is 0 Å². The normalized spacial score (nSPS) is 11.7. The van der Waals surface area contributed by atoms with Crippen molar-refractivity contribution in [1.29, 1.82) is 0 Å². The molecule has 33 heavy (non-hydrogen) atoms. The molecule has 0 bridgehead atoms. The molecular formula is C31H48O2. The van der Waals surface area contributed by atoms with Gasteiger partial charge < -0.3 is 10.2 Å². The first-order valence-corrected chi connectivity index (χ1v) is 13.7. The minimum absolute atomic E-state index is 0.113. The van der Waals surface area contributed by atoms with Gasteiger partial charge in [-0.25, -0.2) is 0 Å². The van der Waals surface area contributed by atoms with Crippen molar-refractivity contribution in [3.8, 4) is 11.5 Å². The van der Waals surface area contributed by atoms with Crippen LogP contribution in [0.4, 0.5) is 0 Å². The highest BCUT2D eigenvalue weighted by Crippen LogP contribution is 2.38. The highest BCUT2D eigenvalue weighted by atomic mass is 16.3. The molecule has 0 amide bonds. The second-order valence-electron chi connectivity index (χ2n) is 10.1. The first kappa shape index (κ1) is 27.3. The lowest BCUT2D eigenvalue weighted by Gasteiger charge is -2.31. The zero-order valence-electron chi connectivity index (χ0n) is 21.3. The number of rotatable bonds is 18. The molecule has 0 atom stereocenters. The van der Waals surface area contributed by atoms with Gasteiger partial charge in [0.05, 0.1) is 0 Å². The van der Waals surface area contributed by atoms with E-state index in [0.717, 1.165) is 6.42 Å². The van der Waals surface area contributed by atoms with Gasteiger partial charge in [0.2, 0.25) is 0 Å². The fourth-order valence-electron chi connectivity index (χ4n) is 4.96. The fraction of sp³-hybridized carbons (Fsp3) is 0.613. The van der Waals surface area contributed by atoms with Crippen LogP contribution in [-0.2, 0) is 5.41 Å². The zero-order valence-corrected chi connectivity index (χ0v) is 21.3. The van der Waals surface area contributed by atoms with Crippen molar-refractivity contribution in [2.75, 3.05) is 0 Å². The Kier molecular flexibility index (Phi) is 13.1. The third-order valence-electron chi connectivity index (χ3n) is 7.29. The molecule has 184 valence electrons. The van der Waals surface area contributed by atoms with Crippen molar-refractivity contribution in [2.45, 2.75) is 122 Å². The first-order valence-electron chi connectivity index (χ1n) is 13.7. The molecule has 0 unspecified atom stereocenters. The van der Waals surface area contributed by atoms with E-state index in [0.29, 0.717) is 11.5 Å². The predicted molar refractivity (Wildman–Crippen MR) is 142 cm³/mol. The summed E-state index contributed by atoms with van der Waals surface area (Å²) >= 11 is 0. The molecule has 2 heteroatoms. The van der Waals surface area contributed by atoms with Crippen LogP contribution in [0.1, 0.15) is 128 Å². The van der Waals surface area contributed by atoms with Crippen molar-refractivity contribution in [2.24, 2.45) is 0 Å². The lowest BCUT2D eigenvalue weighted by atomic mass is 9.72. The Morgan fingerprint density at radius 3 is 1.12 bits per heavy atom. The maximum atomic E-state index is 9.71. The largest absolute Gasteiger partial charge is 0.508 e. The summed E-state index contributed by atoms with van der Waals surface area (Å²) in [4.78, 5) is 0. The van der Waals surface area contributed by atoms with Crippen molar-refractivity contribution in [1.82, 2.24) is 0 Å². The molecule has 0 aromatic heterocycles. The molecule has 0 saturated carbocycles. The van der Waals surface area contributed by atoms with E-state index in [4.69, 9.17) is 0 Å². The fourth-order valence-corrected chi connectivity index (χ4v) is 4.96. The van der Waals surface area contributed by atoms with E-state index >= 15 is 0 Å². The molecule has 0 radical (unpaired) electrons. The quantitative estimate of drug-likeness (QED) is 0.221. The third kappa shape index (κ3) is 10.2. The van der Waals surface area contributed by atoms with Gasteiger partial charge in [0.15, 0.2) is 0 Å². The molecule has 0 aliphatic carbocycles. The van der Waals surface area contributed by atoms with Crippen LogP contribution in [0.3, 0.4) is 0 Å². The molecular weight excluding hydrogens is 404 g/mol. The summed E-state index contributed by atoms with van der Waals surface area (Å²) in [5.74, 6) is 0.609. The highest BCUT2D eigenvalue weighted by Gasteiger charge is 2.28. The Balaban J connectivity index is 1.63. The van der Waals surface area contributed by atoms with Crippen molar-refractivity contribution in [3.05, 3.63) is 59.7 Å². The minimum Gasteiger partial charge on any atom is -0.508 e. The third-order valence-corrected chi connectivity index (χ3v) is 7.29.